The van der Waals surface area contributed by atoms with Gasteiger partial charge in [-0.25, -0.2) is 9.59 Å². The highest BCUT2D eigenvalue weighted by Gasteiger charge is 2.19. The van der Waals surface area contributed by atoms with Gasteiger partial charge in [0.2, 0.25) is 0 Å². The van der Waals surface area contributed by atoms with Crippen LogP contribution in [0.2, 0.25) is 0 Å². The molecule has 6 nitrogen and oxygen atoms in total. The molecule has 0 fully saturated rings. The molecule has 0 aliphatic rings. The van der Waals surface area contributed by atoms with Crippen molar-refractivity contribution < 1.29 is 29.5 Å². The number of aliphatic carboxylic acids is 1. The van der Waals surface area contributed by atoms with Gasteiger partial charge in [-0.2, -0.15) is 4.89 Å². The van der Waals surface area contributed by atoms with Crippen LogP contribution in [-0.2, 0) is 24.4 Å². The van der Waals surface area contributed by atoms with E-state index in [4.69, 9.17) is 9.99 Å². The minimum absolute atomic E-state index is 0.143. The van der Waals surface area contributed by atoms with Crippen molar-refractivity contribution in [3.05, 3.63) is 42.0 Å². The van der Waals surface area contributed by atoms with Crippen LogP contribution in [0.5, 0.6) is 0 Å². The molecule has 0 radical (unpaired) electrons. The lowest BCUT2D eigenvalue weighted by atomic mass is 10.1. The zero-order valence-electron chi connectivity index (χ0n) is 11.5. The zero-order valence-corrected chi connectivity index (χ0v) is 11.5. The third kappa shape index (κ3) is 5.64. The van der Waals surface area contributed by atoms with Gasteiger partial charge in [0.15, 0.2) is 0 Å². The molecule has 0 saturated heterocycles. The van der Waals surface area contributed by atoms with E-state index in [0.29, 0.717) is 5.56 Å². The second kappa shape index (κ2) is 6.83. The number of carboxylic acids is 1. The van der Waals surface area contributed by atoms with Crippen LogP contribution in [-0.4, -0.2) is 22.6 Å². The Morgan fingerprint density at radius 2 is 1.75 bits per heavy atom. The average molecular weight is 280 g/mol. The molecule has 1 aromatic rings. The first-order chi connectivity index (χ1) is 9.29. The van der Waals surface area contributed by atoms with Crippen LogP contribution in [0.4, 0.5) is 0 Å². The van der Waals surface area contributed by atoms with Crippen LogP contribution in [0.15, 0.2) is 36.4 Å². The first-order valence-electron chi connectivity index (χ1n) is 5.86. The maximum atomic E-state index is 11.8. The Morgan fingerprint density at radius 3 is 2.25 bits per heavy atom. The molecule has 0 amide bonds. The van der Waals surface area contributed by atoms with Gasteiger partial charge in [0, 0.05) is 6.08 Å². The van der Waals surface area contributed by atoms with Gasteiger partial charge in [-0.1, -0.05) is 30.3 Å². The number of carbonyl (C=O) groups is 2. The fraction of sp³-hybridized carbons (Fsp3) is 0.286. The van der Waals surface area contributed by atoms with Gasteiger partial charge in [0.05, 0.1) is 11.2 Å². The maximum Gasteiger partial charge on any atom is 0.377 e. The van der Waals surface area contributed by atoms with Gasteiger partial charge in [0.25, 0.3) is 0 Å². The molecule has 1 aromatic carbocycles. The smallest absolute Gasteiger partial charge is 0.377 e. The molecule has 0 saturated carbocycles. The van der Waals surface area contributed by atoms with Crippen molar-refractivity contribution in [2.75, 3.05) is 0 Å². The summed E-state index contributed by atoms with van der Waals surface area (Å²) in [6.07, 6.45) is 0.748. The molecular formula is C14H16O6. The van der Waals surface area contributed by atoms with E-state index >= 15 is 0 Å². The predicted octanol–water partition coefficient (Wildman–Crippen LogP) is 2.36. The molecule has 0 aliphatic carbocycles. The van der Waals surface area contributed by atoms with E-state index in [2.05, 4.69) is 9.93 Å². The molecule has 0 aromatic heterocycles. The predicted molar refractivity (Wildman–Crippen MR) is 70.1 cm³/mol. The third-order valence-electron chi connectivity index (χ3n) is 1.97. The van der Waals surface area contributed by atoms with Crippen molar-refractivity contribution in [3.63, 3.8) is 0 Å². The Labute approximate surface area is 116 Å². The lowest BCUT2D eigenvalue weighted by Crippen LogP contribution is -2.21. The highest BCUT2D eigenvalue weighted by atomic mass is 17.5. The lowest BCUT2D eigenvalue weighted by molar-refractivity contribution is -0.512. The summed E-state index contributed by atoms with van der Waals surface area (Å²) in [6.45, 7) is 5.10. The largest absolute Gasteiger partial charge is 0.478 e. The molecule has 0 heterocycles. The van der Waals surface area contributed by atoms with Crippen molar-refractivity contribution in [1.29, 1.82) is 0 Å². The van der Waals surface area contributed by atoms with Crippen LogP contribution < -0.4 is 0 Å². The van der Waals surface area contributed by atoms with Gasteiger partial charge < -0.3 is 5.11 Å². The van der Waals surface area contributed by atoms with E-state index < -0.39 is 17.5 Å². The summed E-state index contributed by atoms with van der Waals surface area (Å²) in [4.78, 5) is 31.8. The van der Waals surface area contributed by atoms with E-state index in [1.807, 2.05) is 0 Å². The van der Waals surface area contributed by atoms with Gasteiger partial charge in [-0.15, -0.1) is 0 Å². The standard InChI is InChI=1S/C14H16O6/c1-14(2,3)19-20-18-13(17)11(9-12(15)16)10-7-5-4-6-8-10/h4-9H,1-3H3,(H,15,16). The fourth-order valence-electron chi connectivity index (χ4n) is 1.20. The van der Waals surface area contributed by atoms with E-state index in [-0.39, 0.29) is 5.57 Å². The van der Waals surface area contributed by atoms with Crippen LogP contribution in [0.1, 0.15) is 26.3 Å². The molecule has 0 unspecified atom stereocenters. The number of rotatable bonds is 5. The number of hydrogen-bond donors (Lipinski definition) is 1. The summed E-state index contributed by atoms with van der Waals surface area (Å²) in [7, 11) is 0. The van der Waals surface area contributed by atoms with E-state index in [1.165, 1.54) is 0 Å². The second-order valence-corrected chi connectivity index (χ2v) is 4.90. The first-order valence-corrected chi connectivity index (χ1v) is 5.86. The molecule has 108 valence electrons. The number of benzene rings is 1. The summed E-state index contributed by atoms with van der Waals surface area (Å²) in [5.74, 6) is -2.22. The van der Waals surface area contributed by atoms with Gasteiger partial charge >= 0.3 is 11.9 Å². The molecule has 1 rings (SSSR count). The molecule has 0 spiro atoms. The number of carbonyl (C=O) groups excluding carboxylic acids is 1. The third-order valence-corrected chi connectivity index (χ3v) is 1.97. The van der Waals surface area contributed by atoms with Crippen molar-refractivity contribution >= 4 is 17.5 Å². The monoisotopic (exact) mass is 280 g/mol. The minimum atomic E-state index is -1.27. The molecule has 0 bridgehead atoms. The Balaban J connectivity index is 2.80. The maximum absolute atomic E-state index is 11.8. The lowest BCUT2D eigenvalue weighted by Gasteiger charge is -2.15. The average Bonchev–Trinajstić information content (AvgIpc) is 2.35. The topological polar surface area (TPSA) is 82.1 Å². The summed E-state index contributed by atoms with van der Waals surface area (Å²) >= 11 is 0. The van der Waals surface area contributed by atoms with Gasteiger partial charge in [0.1, 0.15) is 0 Å². The molecule has 0 atom stereocenters. The zero-order chi connectivity index (χ0) is 15.2. The number of carboxylic acid groups (broad SMARTS) is 1. The molecule has 20 heavy (non-hydrogen) atoms. The summed E-state index contributed by atoms with van der Waals surface area (Å²) in [5, 5.41) is 13.2. The fourth-order valence-corrected chi connectivity index (χ4v) is 1.20. The van der Waals surface area contributed by atoms with Crippen molar-refractivity contribution in [2.45, 2.75) is 26.4 Å². The quantitative estimate of drug-likeness (QED) is 0.506. The highest BCUT2D eigenvalue weighted by molar-refractivity contribution is 6.20. The van der Waals surface area contributed by atoms with E-state index in [9.17, 15) is 9.59 Å². The Hall–Kier alpha value is -2.18. The van der Waals surface area contributed by atoms with Crippen molar-refractivity contribution in [2.24, 2.45) is 0 Å². The second-order valence-electron chi connectivity index (χ2n) is 4.90. The Kier molecular flexibility index (Phi) is 5.42. The highest BCUT2D eigenvalue weighted by Crippen LogP contribution is 2.17. The van der Waals surface area contributed by atoms with E-state index in [1.54, 1.807) is 51.1 Å². The first kappa shape index (κ1) is 15.9. The summed E-state index contributed by atoms with van der Waals surface area (Å²) in [6, 6.07) is 8.25. The Morgan fingerprint density at radius 1 is 1.15 bits per heavy atom. The van der Waals surface area contributed by atoms with E-state index in [0.717, 1.165) is 6.08 Å². The van der Waals surface area contributed by atoms with Gasteiger partial charge in [-0.3, -0.25) is 4.89 Å². The molecule has 6 heteroatoms. The van der Waals surface area contributed by atoms with Crippen LogP contribution in [0.3, 0.4) is 0 Å². The SMILES string of the molecule is CC(C)(C)OOOC(=O)C(=CC(=O)O)c1ccccc1. The number of hydrogen-bond acceptors (Lipinski definition) is 5. The summed E-state index contributed by atoms with van der Waals surface area (Å²) < 4.78 is 0. The van der Waals surface area contributed by atoms with Crippen molar-refractivity contribution in [3.8, 4) is 0 Å². The Bertz CT molecular complexity index is 498. The molecular weight excluding hydrogens is 264 g/mol. The minimum Gasteiger partial charge on any atom is -0.478 e. The van der Waals surface area contributed by atoms with Gasteiger partial charge in [-0.05, 0) is 31.4 Å². The van der Waals surface area contributed by atoms with Crippen LogP contribution in [0, 0.1) is 0 Å². The van der Waals surface area contributed by atoms with Crippen LogP contribution in [0.25, 0.3) is 5.57 Å². The summed E-state index contributed by atoms with van der Waals surface area (Å²) in [5.41, 5.74) is -0.404. The molecule has 1 N–H and O–H groups in total. The normalized spacial score (nSPS) is 12.1. The van der Waals surface area contributed by atoms with Crippen LogP contribution >= 0.6 is 0 Å². The molecule has 0 aliphatic heterocycles. The van der Waals surface area contributed by atoms with Crippen molar-refractivity contribution in [1.82, 2.24) is 0 Å².